The highest BCUT2D eigenvalue weighted by Gasteiger charge is 2.24. The van der Waals surface area contributed by atoms with Crippen LogP contribution >= 0.6 is 0 Å². The van der Waals surface area contributed by atoms with E-state index in [0.717, 1.165) is 0 Å². The van der Waals surface area contributed by atoms with Crippen molar-refractivity contribution in [3.63, 3.8) is 0 Å². The summed E-state index contributed by atoms with van der Waals surface area (Å²) in [7, 11) is 0. The molecule has 0 saturated heterocycles. The second-order valence-electron chi connectivity index (χ2n) is 6.96. The summed E-state index contributed by atoms with van der Waals surface area (Å²) in [6.45, 7) is 6.01. The van der Waals surface area contributed by atoms with Gasteiger partial charge in [-0.1, -0.05) is 0 Å². The van der Waals surface area contributed by atoms with E-state index >= 15 is 0 Å². The van der Waals surface area contributed by atoms with E-state index < -0.39 is 12.6 Å². The lowest BCUT2D eigenvalue weighted by atomic mass is 10.0. The first kappa shape index (κ1) is 22.2. The van der Waals surface area contributed by atoms with Crippen LogP contribution in [0.3, 0.4) is 0 Å². The van der Waals surface area contributed by atoms with Gasteiger partial charge in [0.2, 0.25) is 5.91 Å². The van der Waals surface area contributed by atoms with Gasteiger partial charge in [0.1, 0.15) is 19.0 Å². The third-order valence-corrected chi connectivity index (χ3v) is 4.95. The molecule has 0 aliphatic carbocycles. The van der Waals surface area contributed by atoms with Crippen molar-refractivity contribution < 1.29 is 23.8 Å². The van der Waals surface area contributed by atoms with Crippen LogP contribution in [0.15, 0.2) is 30.3 Å². The number of halogens is 1. The summed E-state index contributed by atoms with van der Waals surface area (Å²) < 4.78 is 18.9. The second kappa shape index (κ2) is 9.55. The number of amides is 1. The molecule has 0 aliphatic rings. The van der Waals surface area contributed by atoms with Gasteiger partial charge in [0, 0.05) is 29.9 Å². The number of hydrogen-bond acceptors (Lipinski definition) is 5. The molecule has 2 heterocycles. The predicted octanol–water partition coefficient (Wildman–Crippen LogP) is 3.16. The van der Waals surface area contributed by atoms with Crippen LogP contribution in [0.4, 0.5) is 4.39 Å². The maximum atomic E-state index is 12.9. The summed E-state index contributed by atoms with van der Waals surface area (Å²) >= 11 is 0. The summed E-state index contributed by atoms with van der Waals surface area (Å²) in [5, 5.41) is 14.1. The van der Waals surface area contributed by atoms with E-state index in [1.807, 2.05) is 13.8 Å². The Morgan fingerprint density at radius 1 is 1.19 bits per heavy atom. The molecule has 9 heteroatoms. The van der Waals surface area contributed by atoms with Gasteiger partial charge in [-0.05, 0) is 51.1 Å². The Hall–Kier alpha value is -3.49. The number of aromatic nitrogens is 3. The van der Waals surface area contributed by atoms with Gasteiger partial charge >= 0.3 is 5.97 Å². The van der Waals surface area contributed by atoms with Gasteiger partial charge < -0.3 is 14.7 Å². The number of carbonyl (C=O) groups excluding carboxylic acids is 1. The average molecular weight is 428 g/mol. The SMILES string of the molecule is CCN(CC)C(=O)Cc1c(-c2ccc(OCCF)cc2)nn2c(C(=O)O)cc(C)nc12. The van der Waals surface area contributed by atoms with Crippen LogP contribution in [0.1, 0.15) is 35.6 Å². The van der Waals surface area contributed by atoms with Gasteiger partial charge in [0.25, 0.3) is 0 Å². The minimum atomic E-state index is -1.14. The molecule has 31 heavy (non-hydrogen) atoms. The lowest BCUT2D eigenvalue weighted by Crippen LogP contribution is -2.31. The normalized spacial score (nSPS) is 11.0. The van der Waals surface area contributed by atoms with Crippen molar-refractivity contribution in [2.75, 3.05) is 26.4 Å². The molecule has 0 fully saturated rings. The zero-order valence-electron chi connectivity index (χ0n) is 17.8. The highest BCUT2D eigenvalue weighted by Crippen LogP contribution is 2.29. The van der Waals surface area contributed by atoms with E-state index in [4.69, 9.17) is 4.74 Å². The number of carboxylic acids is 1. The maximum Gasteiger partial charge on any atom is 0.354 e. The van der Waals surface area contributed by atoms with Crippen molar-refractivity contribution in [3.8, 4) is 17.0 Å². The second-order valence-corrected chi connectivity index (χ2v) is 6.96. The molecular weight excluding hydrogens is 403 g/mol. The van der Waals surface area contributed by atoms with Gasteiger partial charge in [-0.3, -0.25) is 4.79 Å². The Morgan fingerprint density at radius 2 is 1.87 bits per heavy atom. The molecule has 8 nitrogen and oxygen atoms in total. The highest BCUT2D eigenvalue weighted by molar-refractivity contribution is 5.89. The van der Waals surface area contributed by atoms with Gasteiger partial charge in [0.05, 0.1) is 12.1 Å². The van der Waals surface area contributed by atoms with Crippen molar-refractivity contribution in [3.05, 3.63) is 47.3 Å². The number of nitrogens with zero attached hydrogens (tertiary/aromatic N) is 4. The molecule has 2 aromatic heterocycles. The summed E-state index contributed by atoms with van der Waals surface area (Å²) in [6.07, 6.45) is 0.0378. The van der Waals surface area contributed by atoms with E-state index in [0.29, 0.717) is 47.0 Å². The van der Waals surface area contributed by atoms with Crippen LogP contribution in [0.5, 0.6) is 5.75 Å². The molecule has 1 amide bonds. The zero-order chi connectivity index (χ0) is 22.5. The standard InChI is InChI=1S/C22H25FN4O4/c1-4-26(5-2)19(28)13-17-20(15-6-8-16(9-7-15)31-11-10-23)25-27-18(22(29)30)12-14(3)24-21(17)27/h6-9,12H,4-5,10-11,13H2,1-3H3,(H,29,30). The minimum absolute atomic E-state index is 0.0341. The van der Waals surface area contributed by atoms with Crippen molar-refractivity contribution in [1.82, 2.24) is 19.5 Å². The first-order chi connectivity index (χ1) is 14.9. The lowest BCUT2D eigenvalue weighted by Gasteiger charge is -2.18. The fraction of sp³-hybridized carbons (Fsp3) is 0.364. The molecule has 0 atom stereocenters. The smallest absolute Gasteiger partial charge is 0.354 e. The number of rotatable bonds is 9. The fourth-order valence-electron chi connectivity index (χ4n) is 3.43. The van der Waals surface area contributed by atoms with Crippen molar-refractivity contribution in [2.24, 2.45) is 0 Å². The predicted molar refractivity (Wildman–Crippen MR) is 113 cm³/mol. The van der Waals surface area contributed by atoms with Gasteiger partial charge in [-0.15, -0.1) is 0 Å². The fourth-order valence-corrected chi connectivity index (χ4v) is 3.43. The molecule has 0 unspecified atom stereocenters. The van der Waals surface area contributed by atoms with E-state index in [9.17, 15) is 19.1 Å². The van der Waals surface area contributed by atoms with Crippen LogP contribution in [-0.4, -0.2) is 62.9 Å². The van der Waals surface area contributed by atoms with Crippen molar-refractivity contribution >= 4 is 17.5 Å². The van der Waals surface area contributed by atoms with Crippen molar-refractivity contribution in [1.29, 1.82) is 0 Å². The number of fused-ring (bicyclic) bond motifs is 1. The quantitative estimate of drug-likeness (QED) is 0.562. The Kier molecular flexibility index (Phi) is 6.84. The minimum Gasteiger partial charge on any atom is -0.491 e. The van der Waals surface area contributed by atoms with Crippen LogP contribution in [0, 0.1) is 6.92 Å². The molecule has 0 aliphatic heterocycles. The summed E-state index contributed by atoms with van der Waals surface area (Å²) in [4.78, 5) is 30.8. The third-order valence-electron chi connectivity index (χ3n) is 4.95. The number of alkyl halides is 1. The largest absolute Gasteiger partial charge is 0.491 e. The number of ether oxygens (including phenoxy) is 1. The van der Waals surface area contributed by atoms with Crippen LogP contribution in [-0.2, 0) is 11.2 Å². The van der Waals surface area contributed by atoms with Crippen molar-refractivity contribution in [2.45, 2.75) is 27.2 Å². The van der Waals surface area contributed by atoms with Crippen LogP contribution in [0.2, 0.25) is 0 Å². The molecular formula is C22H25FN4O4. The zero-order valence-corrected chi connectivity index (χ0v) is 17.8. The summed E-state index contributed by atoms with van der Waals surface area (Å²) in [6, 6.07) is 8.29. The number of benzene rings is 1. The third kappa shape index (κ3) is 4.65. The molecule has 0 radical (unpaired) electrons. The molecule has 0 spiro atoms. The maximum absolute atomic E-state index is 12.9. The number of hydrogen-bond donors (Lipinski definition) is 1. The van der Waals surface area contributed by atoms with Crippen LogP contribution in [0.25, 0.3) is 16.9 Å². The number of aromatic carboxylic acids is 1. The molecule has 3 aromatic rings. The summed E-state index contributed by atoms with van der Waals surface area (Å²) in [5.41, 5.74) is 2.52. The van der Waals surface area contributed by atoms with Gasteiger partial charge in [0.15, 0.2) is 11.3 Å². The van der Waals surface area contributed by atoms with E-state index in [1.54, 1.807) is 36.1 Å². The van der Waals surface area contributed by atoms with E-state index in [2.05, 4.69) is 10.1 Å². The monoisotopic (exact) mass is 428 g/mol. The molecule has 3 rings (SSSR count). The van der Waals surface area contributed by atoms with E-state index in [-0.39, 0.29) is 24.6 Å². The Labute approximate surface area is 179 Å². The Morgan fingerprint density at radius 3 is 2.45 bits per heavy atom. The number of likely N-dealkylation sites (N-methyl/N-ethyl adjacent to an activating group) is 1. The van der Waals surface area contributed by atoms with Gasteiger partial charge in [-0.2, -0.15) is 5.10 Å². The molecule has 1 N–H and O–H groups in total. The van der Waals surface area contributed by atoms with Gasteiger partial charge in [-0.25, -0.2) is 18.7 Å². The lowest BCUT2D eigenvalue weighted by molar-refractivity contribution is -0.130. The molecule has 164 valence electrons. The topological polar surface area (TPSA) is 97.0 Å². The number of carboxylic acid groups (broad SMARTS) is 1. The van der Waals surface area contributed by atoms with Crippen LogP contribution < -0.4 is 4.74 Å². The highest BCUT2D eigenvalue weighted by atomic mass is 19.1. The number of carbonyl (C=O) groups is 2. The summed E-state index contributed by atoms with van der Waals surface area (Å²) in [5.74, 6) is -0.725. The Bertz CT molecular complexity index is 1090. The Balaban J connectivity index is 2.15. The first-order valence-electron chi connectivity index (χ1n) is 10.1. The molecule has 1 aromatic carbocycles. The van der Waals surface area contributed by atoms with E-state index in [1.165, 1.54) is 10.6 Å². The first-order valence-corrected chi connectivity index (χ1v) is 10.1. The number of aryl methyl sites for hydroxylation is 1. The molecule has 0 saturated carbocycles. The molecule has 0 bridgehead atoms. The average Bonchev–Trinajstić information content (AvgIpc) is 3.10.